The Morgan fingerprint density at radius 1 is 0.800 bits per heavy atom. The first kappa shape index (κ1) is 8.17. The molecule has 1 heterocycles. The third kappa shape index (κ3) is 0.944. The summed E-state index contributed by atoms with van der Waals surface area (Å²) in [6.07, 6.45) is 1.43. The van der Waals surface area contributed by atoms with Gasteiger partial charge < -0.3 is 14.6 Å². The summed E-state index contributed by atoms with van der Waals surface area (Å²) in [6.45, 7) is 0. The fraction of sp³-hybridized carbons (Fsp3) is 0. The molecular formula is C12H6O3-2. The molecule has 3 rings (SSSR count). The zero-order chi connectivity index (χ0) is 10.4. The van der Waals surface area contributed by atoms with E-state index in [2.05, 4.69) is 0 Å². The zero-order valence-electron chi connectivity index (χ0n) is 7.69. The molecule has 15 heavy (non-hydrogen) atoms. The predicted octanol–water partition coefficient (Wildman–Crippen LogP) is 1.73. The Morgan fingerprint density at radius 3 is 2.27 bits per heavy atom. The van der Waals surface area contributed by atoms with Crippen LogP contribution in [0.4, 0.5) is 0 Å². The van der Waals surface area contributed by atoms with Crippen molar-refractivity contribution >= 4 is 21.7 Å². The minimum absolute atomic E-state index is 0.360. The smallest absolute Gasteiger partial charge is 0.141 e. The Balaban J connectivity index is 2.70. The molecule has 0 saturated carbocycles. The van der Waals surface area contributed by atoms with Gasteiger partial charge in [-0.2, -0.15) is 0 Å². The Hall–Kier alpha value is -2.16. The monoisotopic (exact) mass is 198 g/mol. The van der Waals surface area contributed by atoms with Gasteiger partial charge >= 0.3 is 0 Å². The second kappa shape index (κ2) is 2.67. The highest BCUT2D eigenvalue weighted by molar-refractivity contribution is 6.10. The summed E-state index contributed by atoms with van der Waals surface area (Å²) in [4.78, 5) is 0. The normalized spacial score (nSPS) is 11.2. The van der Waals surface area contributed by atoms with E-state index in [9.17, 15) is 10.2 Å². The van der Waals surface area contributed by atoms with E-state index < -0.39 is 11.5 Å². The van der Waals surface area contributed by atoms with Gasteiger partial charge in [0.05, 0.1) is 6.26 Å². The van der Waals surface area contributed by atoms with E-state index in [4.69, 9.17) is 4.42 Å². The van der Waals surface area contributed by atoms with E-state index in [0.29, 0.717) is 21.7 Å². The third-order valence-corrected chi connectivity index (χ3v) is 2.53. The second-order valence-electron chi connectivity index (χ2n) is 3.37. The van der Waals surface area contributed by atoms with Crippen LogP contribution >= 0.6 is 0 Å². The first-order valence-electron chi connectivity index (χ1n) is 4.55. The molecule has 0 saturated heterocycles. The minimum atomic E-state index is -0.488. The van der Waals surface area contributed by atoms with Crippen LogP contribution < -0.4 is 10.2 Å². The molecule has 0 radical (unpaired) electrons. The highest BCUT2D eigenvalue weighted by atomic mass is 16.3. The maximum absolute atomic E-state index is 11.7. The molecule has 0 fully saturated rings. The van der Waals surface area contributed by atoms with Crippen LogP contribution in [0.3, 0.4) is 0 Å². The van der Waals surface area contributed by atoms with Gasteiger partial charge in [0.1, 0.15) is 5.58 Å². The van der Waals surface area contributed by atoms with Gasteiger partial charge in [-0.3, -0.25) is 0 Å². The van der Waals surface area contributed by atoms with Crippen molar-refractivity contribution in [3.05, 3.63) is 36.6 Å². The fourth-order valence-electron chi connectivity index (χ4n) is 1.82. The van der Waals surface area contributed by atoms with Crippen LogP contribution in [0, 0.1) is 0 Å². The van der Waals surface area contributed by atoms with Crippen LogP contribution in [-0.4, -0.2) is 0 Å². The van der Waals surface area contributed by atoms with E-state index in [1.165, 1.54) is 12.3 Å². The van der Waals surface area contributed by atoms with Crippen LogP contribution in [0.5, 0.6) is 11.5 Å². The van der Waals surface area contributed by atoms with Gasteiger partial charge in [-0.05, 0) is 11.5 Å². The summed E-state index contributed by atoms with van der Waals surface area (Å²) in [5, 5.41) is 24.8. The van der Waals surface area contributed by atoms with E-state index in [1.807, 2.05) is 6.07 Å². The molecule has 0 atom stereocenters. The lowest BCUT2D eigenvalue weighted by molar-refractivity contribution is -0.313. The standard InChI is InChI=1S/C12H8O3/c13-10-7-3-1-2-4-8(7)12-9(11(10)14)5-6-15-12/h1-6,13-14H/p-2. The van der Waals surface area contributed by atoms with Crippen molar-refractivity contribution < 1.29 is 14.6 Å². The van der Waals surface area contributed by atoms with E-state index in [1.54, 1.807) is 18.2 Å². The van der Waals surface area contributed by atoms with Crippen molar-refractivity contribution in [3.8, 4) is 11.5 Å². The van der Waals surface area contributed by atoms with Crippen molar-refractivity contribution in [3.63, 3.8) is 0 Å². The average Bonchev–Trinajstić information content (AvgIpc) is 2.75. The molecule has 0 unspecified atom stereocenters. The Bertz CT molecular complexity index is 652. The highest BCUT2D eigenvalue weighted by Gasteiger charge is 2.04. The molecule has 0 amide bonds. The minimum Gasteiger partial charge on any atom is -0.872 e. The first-order chi connectivity index (χ1) is 7.29. The van der Waals surface area contributed by atoms with Gasteiger partial charge in [-0.15, -0.1) is 11.5 Å². The number of rotatable bonds is 0. The molecule has 0 spiro atoms. The summed E-state index contributed by atoms with van der Waals surface area (Å²) >= 11 is 0. The molecule has 3 nitrogen and oxygen atoms in total. The predicted molar refractivity (Wildman–Crippen MR) is 52.6 cm³/mol. The first-order valence-corrected chi connectivity index (χ1v) is 4.55. The summed E-state index contributed by atoms with van der Waals surface area (Å²) in [5.41, 5.74) is 0.496. The zero-order valence-corrected chi connectivity index (χ0v) is 7.69. The summed E-state index contributed by atoms with van der Waals surface area (Å²) < 4.78 is 5.23. The molecule has 0 bridgehead atoms. The molecular weight excluding hydrogens is 192 g/mol. The van der Waals surface area contributed by atoms with Crippen molar-refractivity contribution in [1.82, 2.24) is 0 Å². The Morgan fingerprint density at radius 2 is 1.47 bits per heavy atom. The van der Waals surface area contributed by atoms with Gasteiger partial charge in [0, 0.05) is 10.8 Å². The number of hydrogen-bond donors (Lipinski definition) is 0. The van der Waals surface area contributed by atoms with Crippen LogP contribution in [0.25, 0.3) is 21.7 Å². The molecule has 0 aliphatic rings. The van der Waals surface area contributed by atoms with Gasteiger partial charge in [-0.25, -0.2) is 0 Å². The topological polar surface area (TPSA) is 59.3 Å². The number of hydrogen-bond acceptors (Lipinski definition) is 3. The van der Waals surface area contributed by atoms with E-state index in [0.717, 1.165) is 0 Å². The van der Waals surface area contributed by atoms with Gasteiger partial charge in [-0.1, -0.05) is 24.3 Å². The van der Waals surface area contributed by atoms with Crippen LogP contribution in [0.1, 0.15) is 0 Å². The molecule has 1 aromatic heterocycles. The van der Waals surface area contributed by atoms with Gasteiger partial charge in [0.15, 0.2) is 0 Å². The largest absolute Gasteiger partial charge is 0.872 e. The molecule has 74 valence electrons. The number of furan rings is 1. The molecule has 0 aliphatic heterocycles. The van der Waals surface area contributed by atoms with Crippen LogP contribution in [0.15, 0.2) is 41.0 Å². The lowest BCUT2D eigenvalue weighted by atomic mass is 10.1. The van der Waals surface area contributed by atoms with Crippen LogP contribution in [0.2, 0.25) is 0 Å². The fourth-order valence-corrected chi connectivity index (χ4v) is 1.82. The lowest BCUT2D eigenvalue weighted by Gasteiger charge is -2.21. The maximum atomic E-state index is 11.7. The van der Waals surface area contributed by atoms with E-state index in [-0.39, 0.29) is 0 Å². The number of benzene rings is 2. The molecule has 0 aliphatic carbocycles. The molecule has 3 aromatic rings. The quantitative estimate of drug-likeness (QED) is 0.552. The van der Waals surface area contributed by atoms with Crippen LogP contribution in [-0.2, 0) is 0 Å². The van der Waals surface area contributed by atoms with Crippen molar-refractivity contribution in [2.24, 2.45) is 0 Å². The van der Waals surface area contributed by atoms with Crippen molar-refractivity contribution in [2.45, 2.75) is 0 Å². The summed E-state index contributed by atoms with van der Waals surface area (Å²) in [6, 6.07) is 8.50. The Kier molecular flexibility index (Phi) is 1.45. The molecule has 2 aromatic carbocycles. The third-order valence-electron chi connectivity index (χ3n) is 2.53. The van der Waals surface area contributed by atoms with Gasteiger partial charge in [0.25, 0.3) is 0 Å². The number of fused-ring (bicyclic) bond motifs is 3. The molecule has 3 heteroatoms. The van der Waals surface area contributed by atoms with Crippen molar-refractivity contribution in [1.29, 1.82) is 0 Å². The highest BCUT2D eigenvalue weighted by Crippen LogP contribution is 2.38. The maximum Gasteiger partial charge on any atom is 0.141 e. The van der Waals surface area contributed by atoms with Gasteiger partial charge in [0.2, 0.25) is 0 Å². The van der Waals surface area contributed by atoms with Crippen molar-refractivity contribution in [2.75, 3.05) is 0 Å². The SMILES string of the molecule is [O-]c1c([O-])c2ccoc2c2ccccc12. The van der Waals surface area contributed by atoms with E-state index >= 15 is 0 Å². The lowest BCUT2D eigenvalue weighted by Crippen LogP contribution is -2.00. The summed E-state index contributed by atoms with van der Waals surface area (Å²) in [5.74, 6) is -0.947. The molecule has 0 N–H and O–H groups in total. The second-order valence-corrected chi connectivity index (χ2v) is 3.37. The summed E-state index contributed by atoms with van der Waals surface area (Å²) in [7, 11) is 0. The average molecular weight is 198 g/mol. The Labute approximate surface area is 85.2 Å².